The zero-order valence-electron chi connectivity index (χ0n) is 16.6. The van der Waals surface area contributed by atoms with Crippen molar-refractivity contribution in [2.24, 2.45) is 0 Å². The topological polar surface area (TPSA) is 83.1 Å². The van der Waals surface area contributed by atoms with Crippen LogP contribution in [0.15, 0.2) is 35.7 Å². The van der Waals surface area contributed by atoms with Crippen molar-refractivity contribution in [2.45, 2.75) is 0 Å². The molecular weight excluding hydrogens is 392 g/mol. The second-order valence-electron chi connectivity index (χ2n) is 6.54. The molecule has 1 aliphatic heterocycles. The highest BCUT2D eigenvalue weighted by atomic mass is 32.1. The minimum atomic E-state index is -0.455. The van der Waals surface area contributed by atoms with Crippen LogP contribution in [0.25, 0.3) is 0 Å². The molecule has 29 heavy (non-hydrogen) atoms. The molecule has 0 bridgehead atoms. The molecule has 1 aliphatic rings. The van der Waals surface area contributed by atoms with E-state index in [1.165, 1.54) is 18.4 Å². The standard InChI is InChI=1S/C20H26N4O4S/c1-27-17-6-4-3-5-16(17)24-12-10-23(11-13-24)9-8-21-20(26)22-15-7-14-29-18(15)19(25)28-2/h3-7,14H,8-13H2,1-2H3,(H2,21,22,26). The van der Waals surface area contributed by atoms with Crippen molar-refractivity contribution in [2.75, 3.05) is 63.7 Å². The molecule has 0 radical (unpaired) electrons. The third kappa shape index (κ3) is 5.39. The Morgan fingerprint density at radius 3 is 2.59 bits per heavy atom. The maximum atomic E-state index is 12.1. The molecule has 2 aromatic rings. The first-order valence-corrected chi connectivity index (χ1v) is 10.3. The number of nitrogens with one attached hydrogen (secondary N) is 2. The van der Waals surface area contributed by atoms with Gasteiger partial charge in [-0.3, -0.25) is 4.90 Å². The molecule has 1 fully saturated rings. The third-order valence-corrected chi connectivity index (χ3v) is 5.69. The molecule has 0 saturated carbocycles. The molecule has 1 aromatic carbocycles. The van der Waals surface area contributed by atoms with E-state index in [0.717, 1.165) is 44.2 Å². The van der Waals surface area contributed by atoms with Gasteiger partial charge in [0.25, 0.3) is 0 Å². The number of ether oxygens (including phenoxy) is 2. The maximum absolute atomic E-state index is 12.1. The second kappa shape index (κ2) is 10.1. The van der Waals surface area contributed by atoms with Gasteiger partial charge in [0.2, 0.25) is 0 Å². The van der Waals surface area contributed by atoms with Crippen LogP contribution in [-0.4, -0.2) is 70.4 Å². The number of hydrogen-bond donors (Lipinski definition) is 2. The number of urea groups is 1. The fourth-order valence-corrected chi connectivity index (χ4v) is 4.02. The van der Waals surface area contributed by atoms with E-state index >= 15 is 0 Å². The van der Waals surface area contributed by atoms with Gasteiger partial charge in [-0.2, -0.15) is 0 Å². The van der Waals surface area contributed by atoms with Crippen LogP contribution in [0.2, 0.25) is 0 Å². The van der Waals surface area contributed by atoms with Crippen molar-refractivity contribution in [3.63, 3.8) is 0 Å². The summed E-state index contributed by atoms with van der Waals surface area (Å²) in [6.07, 6.45) is 0. The van der Waals surface area contributed by atoms with Gasteiger partial charge in [0.1, 0.15) is 10.6 Å². The minimum absolute atomic E-state index is 0.332. The summed E-state index contributed by atoms with van der Waals surface area (Å²) in [5.41, 5.74) is 1.58. The monoisotopic (exact) mass is 418 g/mol. The molecule has 2 heterocycles. The maximum Gasteiger partial charge on any atom is 0.350 e. The van der Waals surface area contributed by atoms with Crippen LogP contribution in [0.5, 0.6) is 5.75 Å². The fourth-order valence-electron chi connectivity index (χ4n) is 3.26. The minimum Gasteiger partial charge on any atom is -0.495 e. The summed E-state index contributed by atoms with van der Waals surface area (Å²) >= 11 is 1.23. The summed E-state index contributed by atoms with van der Waals surface area (Å²) < 4.78 is 10.2. The van der Waals surface area contributed by atoms with E-state index in [1.807, 2.05) is 18.2 Å². The van der Waals surface area contributed by atoms with Gasteiger partial charge < -0.3 is 25.0 Å². The van der Waals surface area contributed by atoms with Gasteiger partial charge in [0, 0.05) is 39.3 Å². The molecule has 0 aliphatic carbocycles. The number of anilines is 2. The number of hydrogen-bond acceptors (Lipinski definition) is 7. The lowest BCUT2D eigenvalue weighted by molar-refractivity contribution is 0.0607. The SMILES string of the molecule is COC(=O)c1sccc1NC(=O)NCCN1CCN(c2ccccc2OC)CC1. The molecule has 156 valence electrons. The Kier molecular flexibility index (Phi) is 7.31. The number of carbonyl (C=O) groups excluding carboxylic acids is 2. The Hall–Kier alpha value is -2.78. The first kappa shape index (κ1) is 20.9. The second-order valence-corrected chi connectivity index (χ2v) is 7.45. The van der Waals surface area contributed by atoms with Crippen LogP contribution in [0.1, 0.15) is 9.67 Å². The number of methoxy groups -OCH3 is 2. The van der Waals surface area contributed by atoms with Crippen LogP contribution in [0, 0.1) is 0 Å². The van der Waals surface area contributed by atoms with E-state index in [9.17, 15) is 9.59 Å². The van der Waals surface area contributed by atoms with Crippen molar-refractivity contribution >= 4 is 34.7 Å². The van der Waals surface area contributed by atoms with Crippen LogP contribution < -0.4 is 20.3 Å². The lowest BCUT2D eigenvalue weighted by Gasteiger charge is -2.36. The van der Waals surface area contributed by atoms with E-state index in [0.29, 0.717) is 17.1 Å². The van der Waals surface area contributed by atoms with E-state index in [2.05, 4.69) is 26.5 Å². The normalized spacial score (nSPS) is 14.3. The molecule has 1 aromatic heterocycles. The number of benzene rings is 1. The quantitative estimate of drug-likeness (QED) is 0.673. The molecule has 0 unspecified atom stereocenters. The Morgan fingerprint density at radius 2 is 1.86 bits per heavy atom. The molecule has 0 spiro atoms. The van der Waals surface area contributed by atoms with Gasteiger partial charge in [0.15, 0.2) is 0 Å². The van der Waals surface area contributed by atoms with Gasteiger partial charge in [-0.05, 0) is 23.6 Å². The predicted molar refractivity (Wildman–Crippen MR) is 114 cm³/mol. The molecule has 3 rings (SSSR count). The number of para-hydroxylation sites is 2. The van der Waals surface area contributed by atoms with E-state index in [-0.39, 0.29) is 6.03 Å². The van der Waals surface area contributed by atoms with Crippen molar-refractivity contribution in [1.29, 1.82) is 0 Å². The van der Waals surface area contributed by atoms with Crippen molar-refractivity contribution < 1.29 is 19.1 Å². The fraction of sp³-hybridized carbons (Fsp3) is 0.400. The molecule has 9 heteroatoms. The van der Waals surface area contributed by atoms with Crippen LogP contribution >= 0.6 is 11.3 Å². The zero-order chi connectivity index (χ0) is 20.6. The highest BCUT2D eigenvalue weighted by Gasteiger charge is 2.20. The van der Waals surface area contributed by atoms with Crippen LogP contribution in [0.3, 0.4) is 0 Å². The number of nitrogens with zero attached hydrogens (tertiary/aromatic N) is 2. The lowest BCUT2D eigenvalue weighted by atomic mass is 10.2. The van der Waals surface area contributed by atoms with Gasteiger partial charge in [0.05, 0.1) is 25.6 Å². The molecule has 2 amide bonds. The number of thiophene rings is 1. The Bertz CT molecular complexity index is 833. The van der Waals surface area contributed by atoms with E-state index < -0.39 is 5.97 Å². The average molecular weight is 419 g/mol. The first-order chi connectivity index (χ1) is 14.1. The number of carbonyl (C=O) groups is 2. The van der Waals surface area contributed by atoms with Crippen molar-refractivity contribution in [3.8, 4) is 5.75 Å². The number of amides is 2. The van der Waals surface area contributed by atoms with Gasteiger partial charge in [-0.1, -0.05) is 12.1 Å². The number of piperazine rings is 1. The average Bonchev–Trinajstić information content (AvgIpc) is 3.21. The summed E-state index contributed by atoms with van der Waals surface area (Å²) in [6, 6.07) is 9.40. The summed E-state index contributed by atoms with van der Waals surface area (Å²) in [5.74, 6) is 0.433. The zero-order valence-corrected chi connectivity index (χ0v) is 17.5. The number of rotatable bonds is 7. The lowest BCUT2D eigenvalue weighted by Crippen LogP contribution is -2.48. The Morgan fingerprint density at radius 1 is 1.10 bits per heavy atom. The third-order valence-electron chi connectivity index (χ3n) is 4.80. The van der Waals surface area contributed by atoms with Crippen LogP contribution in [-0.2, 0) is 4.74 Å². The molecular formula is C20H26N4O4S. The van der Waals surface area contributed by atoms with Crippen LogP contribution in [0.4, 0.5) is 16.2 Å². The first-order valence-electron chi connectivity index (χ1n) is 9.43. The van der Waals surface area contributed by atoms with E-state index in [1.54, 1.807) is 18.6 Å². The highest BCUT2D eigenvalue weighted by Crippen LogP contribution is 2.28. The highest BCUT2D eigenvalue weighted by molar-refractivity contribution is 7.12. The smallest absolute Gasteiger partial charge is 0.350 e. The predicted octanol–water partition coefficient (Wildman–Crippen LogP) is 2.49. The summed E-state index contributed by atoms with van der Waals surface area (Å²) in [4.78, 5) is 28.8. The molecule has 0 atom stereocenters. The van der Waals surface area contributed by atoms with Crippen molar-refractivity contribution in [3.05, 3.63) is 40.6 Å². The van der Waals surface area contributed by atoms with Gasteiger partial charge in [-0.25, -0.2) is 9.59 Å². The Balaban J connectivity index is 1.40. The van der Waals surface area contributed by atoms with E-state index in [4.69, 9.17) is 9.47 Å². The summed E-state index contributed by atoms with van der Waals surface area (Å²) in [5, 5.41) is 7.28. The van der Waals surface area contributed by atoms with Crippen molar-refractivity contribution in [1.82, 2.24) is 10.2 Å². The summed E-state index contributed by atoms with van der Waals surface area (Å²) in [6.45, 7) is 4.93. The largest absolute Gasteiger partial charge is 0.495 e. The van der Waals surface area contributed by atoms with Gasteiger partial charge >= 0.3 is 12.0 Å². The Labute approximate surface area is 174 Å². The molecule has 2 N–H and O–H groups in total. The number of esters is 1. The van der Waals surface area contributed by atoms with Gasteiger partial charge in [-0.15, -0.1) is 11.3 Å². The molecule has 8 nitrogen and oxygen atoms in total. The summed E-state index contributed by atoms with van der Waals surface area (Å²) in [7, 11) is 3.01. The molecule has 1 saturated heterocycles.